The zero-order chi connectivity index (χ0) is 18.7. The number of esters is 1. The fourth-order valence-corrected chi connectivity index (χ4v) is 7.55. The van der Waals surface area contributed by atoms with Crippen molar-refractivity contribution in [2.24, 2.45) is 40.4 Å². The van der Waals surface area contributed by atoms with E-state index in [9.17, 15) is 9.59 Å². The van der Waals surface area contributed by atoms with E-state index in [0.717, 1.165) is 12.8 Å². The van der Waals surface area contributed by atoms with Crippen LogP contribution in [-0.2, 0) is 14.3 Å². The number of carbonyl (C=O) groups is 2. The van der Waals surface area contributed by atoms with Crippen molar-refractivity contribution in [3.63, 3.8) is 0 Å². The SMILES string of the molecule is COC(=O)C(C)[C@H]1CC[C@H]2[C@@H]3CCC4NC(=O)C=C[C@]4(C)[C@H]3CC[C@]12C. The van der Waals surface area contributed by atoms with Gasteiger partial charge < -0.3 is 10.1 Å². The summed E-state index contributed by atoms with van der Waals surface area (Å²) in [6.07, 6.45) is 11.0. The second-order valence-corrected chi connectivity index (χ2v) is 9.75. The van der Waals surface area contributed by atoms with Crippen LogP contribution >= 0.6 is 0 Å². The molecule has 8 atom stereocenters. The van der Waals surface area contributed by atoms with Crippen molar-refractivity contribution in [2.75, 3.05) is 7.11 Å². The number of rotatable bonds is 2. The maximum absolute atomic E-state index is 12.2. The first-order valence-electron chi connectivity index (χ1n) is 10.4. The summed E-state index contributed by atoms with van der Waals surface area (Å²) < 4.78 is 5.06. The van der Waals surface area contributed by atoms with Crippen molar-refractivity contribution in [1.82, 2.24) is 5.32 Å². The fourth-order valence-electron chi connectivity index (χ4n) is 7.55. The maximum atomic E-state index is 12.2. The molecule has 26 heavy (non-hydrogen) atoms. The fraction of sp³-hybridized carbons (Fsp3) is 0.818. The number of hydrogen-bond acceptors (Lipinski definition) is 3. The highest BCUT2D eigenvalue weighted by Gasteiger charge is 2.60. The first-order chi connectivity index (χ1) is 12.3. The zero-order valence-electron chi connectivity index (χ0n) is 16.6. The number of fused-ring (bicyclic) bond motifs is 5. The monoisotopic (exact) mass is 359 g/mol. The second kappa shape index (κ2) is 6.10. The molecule has 1 amide bonds. The van der Waals surface area contributed by atoms with Crippen LogP contribution in [0.15, 0.2) is 12.2 Å². The minimum absolute atomic E-state index is 0.00709. The van der Waals surface area contributed by atoms with Crippen molar-refractivity contribution in [3.8, 4) is 0 Å². The van der Waals surface area contributed by atoms with E-state index >= 15 is 0 Å². The van der Waals surface area contributed by atoms with E-state index in [2.05, 4.69) is 32.2 Å². The van der Waals surface area contributed by atoms with Crippen LogP contribution in [0.3, 0.4) is 0 Å². The van der Waals surface area contributed by atoms with Crippen molar-refractivity contribution in [2.45, 2.75) is 65.3 Å². The molecule has 4 nitrogen and oxygen atoms in total. The van der Waals surface area contributed by atoms with Crippen molar-refractivity contribution in [3.05, 3.63) is 12.2 Å². The Kier molecular flexibility index (Phi) is 4.24. The lowest BCUT2D eigenvalue weighted by molar-refractivity contribution is -0.150. The van der Waals surface area contributed by atoms with E-state index in [1.54, 1.807) is 6.08 Å². The van der Waals surface area contributed by atoms with Gasteiger partial charge in [0, 0.05) is 11.5 Å². The summed E-state index contributed by atoms with van der Waals surface area (Å²) in [4.78, 5) is 24.0. The molecule has 1 N–H and O–H groups in total. The van der Waals surface area contributed by atoms with Gasteiger partial charge in [-0.2, -0.15) is 0 Å². The molecule has 3 saturated carbocycles. The average molecular weight is 360 g/mol. The topological polar surface area (TPSA) is 55.4 Å². The lowest BCUT2D eigenvalue weighted by Gasteiger charge is -2.59. The quantitative estimate of drug-likeness (QED) is 0.765. The Balaban J connectivity index is 1.61. The summed E-state index contributed by atoms with van der Waals surface area (Å²) >= 11 is 0. The third kappa shape index (κ3) is 2.40. The first-order valence-corrected chi connectivity index (χ1v) is 10.4. The van der Waals surface area contributed by atoms with Gasteiger partial charge in [0.2, 0.25) is 5.91 Å². The molecule has 144 valence electrons. The Labute approximate surface area is 157 Å². The number of hydrogen-bond donors (Lipinski definition) is 1. The Bertz CT molecular complexity index is 643. The number of carbonyl (C=O) groups excluding carboxylic acids is 2. The van der Waals surface area contributed by atoms with Gasteiger partial charge in [-0.15, -0.1) is 0 Å². The first kappa shape index (κ1) is 18.1. The van der Waals surface area contributed by atoms with Crippen LogP contribution in [0.4, 0.5) is 0 Å². The Hall–Kier alpha value is -1.32. The van der Waals surface area contributed by atoms with Crippen LogP contribution in [0, 0.1) is 40.4 Å². The van der Waals surface area contributed by atoms with E-state index in [1.807, 2.05) is 0 Å². The van der Waals surface area contributed by atoms with E-state index in [-0.39, 0.29) is 34.7 Å². The van der Waals surface area contributed by atoms with Gasteiger partial charge in [-0.3, -0.25) is 9.59 Å². The molecule has 0 bridgehead atoms. The normalized spacial score (nSPS) is 48.0. The van der Waals surface area contributed by atoms with Crippen molar-refractivity contribution < 1.29 is 14.3 Å². The van der Waals surface area contributed by atoms with Crippen LogP contribution in [0.1, 0.15) is 59.3 Å². The summed E-state index contributed by atoms with van der Waals surface area (Å²) in [6, 6.07) is 0.289. The van der Waals surface area contributed by atoms with Gasteiger partial charge in [0.15, 0.2) is 0 Å². The highest BCUT2D eigenvalue weighted by Crippen LogP contribution is 2.66. The molecule has 4 aliphatic rings. The van der Waals surface area contributed by atoms with Crippen LogP contribution in [0.5, 0.6) is 0 Å². The molecular weight excluding hydrogens is 326 g/mol. The second-order valence-electron chi connectivity index (χ2n) is 9.75. The third-order valence-electron chi connectivity index (χ3n) is 8.94. The molecule has 0 spiro atoms. The molecule has 0 radical (unpaired) electrons. The molecule has 1 aliphatic heterocycles. The Morgan fingerprint density at radius 3 is 2.69 bits per heavy atom. The smallest absolute Gasteiger partial charge is 0.308 e. The lowest BCUT2D eigenvalue weighted by atomic mass is 9.47. The van der Waals surface area contributed by atoms with Gasteiger partial charge in [0.05, 0.1) is 13.0 Å². The Morgan fingerprint density at radius 1 is 1.19 bits per heavy atom. The number of ether oxygens (including phenoxy) is 1. The summed E-state index contributed by atoms with van der Waals surface area (Å²) in [5.74, 6) is 2.50. The van der Waals surface area contributed by atoms with Gasteiger partial charge in [-0.1, -0.05) is 26.8 Å². The Morgan fingerprint density at radius 2 is 1.96 bits per heavy atom. The van der Waals surface area contributed by atoms with Gasteiger partial charge in [0.25, 0.3) is 0 Å². The van der Waals surface area contributed by atoms with Gasteiger partial charge in [-0.05, 0) is 73.7 Å². The molecular formula is C22H33NO3. The van der Waals surface area contributed by atoms with Crippen LogP contribution in [-0.4, -0.2) is 25.0 Å². The van der Waals surface area contributed by atoms with Gasteiger partial charge >= 0.3 is 5.97 Å². The zero-order valence-corrected chi connectivity index (χ0v) is 16.6. The maximum Gasteiger partial charge on any atom is 0.308 e. The van der Waals surface area contributed by atoms with Crippen molar-refractivity contribution in [1.29, 1.82) is 0 Å². The molecule has 4 heteroatoms. The number of amides is 1. The standard InChI is InChI=1S/C22H33NO3/c1-13(20(25)26-4)15-6-7-16-14-5-8-18-22(3,12-10-19(24)23-18)17(14)9-11-21(15,16)2/h10,12-18H,5-9,11H2,1-4H3,(H,23,24)/t13?,14-,15+,16-,17-,18?,21+,22+/m0/s1. The lowest BCUT2D eigenvalue weighted by Crippen LogP contribution is -2.59. The average Bonchev–Trinajstić information content (AvgIpc) is 2.98. The van der Waals surface area contributed by atoms with E-state index < -0.39 is 0 Å². The molecule has 3 fully saturated rings. The summed E-state index contributed by atoms with van der Waals surface area (Å²) in [5.41, 5.74) is 0.337. The molecule has 0 saturated heterocycles. The van der Waals surface area contributed by atoms with Gasteiger partial charge in [0.1, 0.15) is 0 Å². The minimum atomic E-state index is -0.0485. The van der Waals surface area contributed by atoms with Crippen LogP contribution in [0.2, 0.25) is 0 Å². The number of methoxy groups -OCH3 is 1. The highest BCUT2D eigenvalue weighted by molar-refractivity contribution is 5.89. The van der Waals surface area contributed by atoms with Gasteiger partial charge in [-0.25, -0.2) is 0 Å². The van der Waals surface area contributed by atoms with Crippen LogP contribution < -0.4 is 5.32 Å². The molecule has 3 aliphatic carbocycles. The minimum Gasteiger partial charge on any atom is -0.469 e. The molecule has 1 heterocycles. The molecule has 4 rings (SSSR count). The highest BCUT2D eigenvalue weighted by atomic mass is 16.5. The third-order valence-corrected chi connectivity index (χ3v) is 8.94. The molecule has 2 unspecified atom stereocenters. The van der Waals surface area contributed by atoms with E-state index in [4.69, 9.17) is 4.74 Å². The molecule has 0 aromatic rings. The molecule has 0 aromatic heterocycles. The predicted octanol–water partition coefficient (Wildman–Crippen LogP) is 3.71. The largest absolute Gasteiger partial charge is 0.469 e. The molecule has 0 aromatic carbocycles. The predicted molar refractivity (Wildman–Crippen MR) is 100 cm³/mol. The number of nitrogens with one attached hydrogen (secondary N) is 1. The van der Waals surface area contributed by atoms with Crippen LogP contribution in [0.25, 0.3) is 0 Å². The summed E-state index contributed by atoms with van der Waals surface area (Å²) in [5, 5.41) is 3.22. The summed E-state index contributed by atoms with van der Waals surface area (Å²) in [7, 11) is 1.51. The van der Waals surface area contributed by atoms with E-state index in [1.165, 1.54) is 32.8 Å². The summed E-state index contributed by atoms with van der Waals surface area (Å²) in [6.45, 7) is 6.86. The van der Waals surface area contributed by atoms with Crippen molar-refractivity contribution >= 4 is 11.9 Å². The van der Waals surface area contributed by atoms with E-state index in [0.29, 0.717) is 23.7 Å².